The van der Waals surface area contributed by atoms with E-state index in [0.29, 0.717) is 17.4 Å². The molecule has 8 heteroatoms. The highest BCUT2D eigenvalue weighted by Crippen LogP contribution is 2.17. The van der Waals surface area contributed by atoms with Gasteiger partial charge in [-0.1, -0.05) is 34.6 Å². The lowest BCUT2D eigenvalue weighted by Gasteiger charge is -2.05. The molecule has 2 aromatic rings. The van der Waals surface area contributed by atoms with Crippen LogP contribution >= 0.6 is 27.7 Å². The van der Waals surface area contributed by atoms with Gasteiger partial charge >= 0.3 is 0 Å². The fourth-order valence-corrected chi connectivity index (χ4v) is 2.45. The largest absolute Gasteiger partial charge is 0.336 e. The van der Waals surface area contributed by atoms with E-state index in [1.165, 1.54) is 16.4 Å². The van der Waals surface area contributed by atoms with E-state index in [9.17, 15) is 4.79 Å². The predicted octanol–water partition coefficient (Wildman–Crippen LogP) is 2.05. The van der Waals surface area contributed by atoms with Crippen LogP contribution in [-0.2, 0) is 11.2 Å². The van der Waals surface area contributed by atoms with Gasteiger partial charge in [-0.15, -0.1) is 10.2 Å². The average molecular weight is 356 g/mol. The number of nitrogens with two attached hydrogens (primary N) is 1. The molecule has 0 radical (unpaired) electrons. The summed E-state index contributed by atoms with van der Waals surface area (Å²) in [6, 6.07) is 7.39. The SMILES string of the molecule is CCc1nnc(SCC(=O)Nc2ccc(Br)cc2)n1N. The number of anilines is 1. The number of rotatable bonds is 5. The number of aryl methyl sites for hydroxylation is 1. The lowest BCUT2D eigenvalue weighted by atomic mass is 10.3. The van der Waals surface area contributed by atoms with Gasteiger partial charge in [0.05, 0.1) is 5.75 Å². The van der Waals surface area contributed by atoms with Crippen molar-refractivity contribution >= 4 is 39.3 Å². The molecule has 1 heterocycles. The Morgan fingerprint density at radius 2 is 2.10 bits per heavy atom. The topological polar surface area (TPSA) is 85.8 Å². The summed E-state index contributed by atoms with van der Waals surface area (Å²) in [6.45, 7) is 1.95. The Bertz CT molecular complexity index is 598. The minimum atomic E-state index is -0.113. The van der Waals surface area contributed by atoms with E-state index in [-0.39, 0.29) is 11.7 Å². The van der Waals surface area contributed by atoms with Gasteiger partial charge in [0.25, 0.3) is 0 Å². The van der Waals surface area contributed by atoms with Crippen LogP contribution in [0.5, 0.6) is 0 Å². The normalized spacial score (nSPS) is 10.5. The molecule has 20 heavy (non-hydrogen) atoms. The summed E-state index contributed by atoms with van der Waals surface area (Å²) in [5, 5.41) is 11.2. The van der Waals surface area contributed by atoms with Crippen molar-refractivity contribution in [1.29, 1.82) is 0 Å². The van der Waals surface area contributed by atoms with Gasteiger partial charge in [0, 0.05) is 16.6 Å². The molecule has 0 bridgehead atoms. The van der Waals surface area contributed by atoms with E-state index in [4.69, 9.17) is 5.84 Å². The molecule has 6 nitrogen and oxygen atoms in total. The van der Waals surface area contributed by atoms with Crippen LogP contribution in [0, 0.1) is 0 Å². The quantitative estimate of drug-likeness (QED) is 0.633. The number of benzene rings is 1. The van der Waals surface area contributed by atoms with Crippen LogP contribution in [0.4, 0.5) is 5.69 Å². The van der Waals surface area contributed by atoms with Crippen LogP contribution in [0.1, 0.15) is 12.7 Å². The zero-order valence-electron chi connectivity index (χ0n) is 10.8. The molecule has 1 aromatic heterocycles. The van der Waals surface area contributed by atoms with E-state index < -0.39 is 0 Å². The number of hydrogen-bond donors (Lipinski definition) is 2. The van der Waals surface area contributed by atoms with Crippen molar-refractivity contribution in [2.24, 2.45) is 0 Å². The number of nitrogens with zero attached hydrogens (tertiary/aromatic N) is 3. The summed E-state index contributed by atoms with van der Waals surface area (Å²) in [4.78, 5) is 11.8. The number of carbonyl (C=O) groups excluding carboxylic acids is 1. The molecule has 0 aliphatic rings. The lowest BCUT2D eigenvalue weighted by Crippen LogP contribution is -2.17. The number of nitrogen functional groups attached to an aromatic ring is 1. The summed E-state index contributed by atoms with van der Waals surface area (Å²) < 4.78 is 2.38. The maximum atomic E-state index is 11.8. The highest BCUT2D eigenvalue weighted by Gasteiger charge is 2.11. The number of halogens is 1. The predicted molar refractivity (Wildman–Crippen MR) is 83.0 cm³/mol. The number of nitrogens with one attached hydrogen (secondary N) is 1. The molecule has 1 amide bonds. The third kappa shape index (κ3) is 3.73. The number of thioether (sulfide) groups is 1. The minimum Gasteiger partial charge on any atom is -0.336 e. The molecule has 1 aromatic carbocycles. The average Bonchev–Trinajstić information content (AvgIpc) is 2.79. The minimum absolute atomic E-state index is 0.113. The summed E-state index contributed by atoms with van der Waals surface area (Å²) in [5.74, 6) is 6.62. The molecular weight excluding hydrogens is 342 g/mol. The zero-order chi connectivity index (χ0) is 14.5. The molecule has 0 spiro atoms. The summed E-state index contributed by atoms with van der Waals surface area (Å²) >= 11 is 4.60. The standard InChI is InChI=1S/C12H14BrN5OS/c1-2-10-16-17-12(18(10)14)20-7-11(19)15-9-5-3-8(13)4-6-9/h3-6H,2,7,14H2,1H3,(H,15,19). The van der Waals surface area contributed by atoms with E-state index >= 15 is 0 Å². The zero-order valence-corrected chi connectivity index (χ0v) is 13.2. The van der Waals surface area contributed by atoms with Crippen molar-refractivity contribution < 1.29 is 4.79 Å². The van der Waals surface area contributed by atoms with E-state index in [1.54, 1.807) is 0 Å². The van der Waals surface area contributed by atoms with Crippen LogP contribution in [0.2, 0.25) is 0 Å². The Balaban J connectivity index is 1.88. The molecule has 2 rings (SSSR count). The van der Waals surface area contributed by atoms with Crippen molar-refractivity contribution in [1.82, 2.24) is 14.9 Å². The number of hydrogen-bond acceptors (Lipinski definition) is 5. The van der Waals surface area contributed by atoms with Crippen LogP contribution in [-0.4, -0.2) is 26.5 Å². The second kappa shape index (κ2) is 6.76. The molecule has 0 saturated heterocycles. The summed E-state index contributed by atoms with van der Waals surface area (Å²) in [5.41, 5.74) is 0.752. The number of aromatic nitrogens is 3. The number of amides is 1. The second-order valence-electron chi connectivity index (χ2n) is 3.97. The lowest BCUT2D eigenvalue weighted by molar-refractivity contribution is -0.113. The van der Waals surface area contributed by atoms with Gasteiger partial charge < -0.3 is 11.2 Å². The Morgan fingerprint density at radius 3 is 2.70 bits per heavy atom. The van der Waals surface area contributed by atoms with Crippen molar-refractivity contribution in [3.05, 3.63) is 34.6 Å². The third-order valence-electron chi connectivity index (χ3n) is 2.51. The first-order chi connectivity index (χ1) is 9.60. The van der Waals surface area contributed by atoms with Crippen LogP contribution in [0.25, 0.3) is 0 Å². The monoisotopic (exact) mass is 355 g/mol. The van der Waals surface area contributed by atoms with Gasteiger partial charge in [0.2, 0.25) is 11.1 Å². The van der Waals surface area contributed by atoms with E-state index in [2.05, 4.69) is 31.4 Å². The third-order valence-corrected chi connectivity index (χ3v) is 3.98. The molecule has 0 saturated carbocycles. The first-order valence-electron chi connectivity index (χ1n) is 5.97. The Kier molecular flexibility index (Phi) is 5.02. The molecule has 0 atom stereocenters. The summed E-state index contributed by atoms with van der Waals surface area (Å²) in [6.07, 6.45) is 0.704. The van der Waals surface area contributed by atoms with Crippen molar-refractivity contribution in [3.8, 4) is 0 Å². The molecular formula is C12H14BrN5OS. The van der Waals surface area contributed by atoms with E-state index in [0.717, 1.165) is 10.2 Å². The van der Waals surface area contributed by atoms with E-state index in [1.807, 2.05) is 31.2 Å². The second-order valence-corrected chi connectivity index (χ2v) is 5.82. The van der Waals surface area contributed by atoms with Crippen molar-refractivity contribution in [3.63, 3.8) is 0 Å². The maximum Gasteiger partial charge on any atom is 0.234 e. The molecule has 0 fully saturated rings. The Morgan fingerprint density at radius 1 is 1.40 bits per heavy atom. The Hall–Kier alpha value is -1.54. The number of carbonyl (C=O) groups is 1. The van der Waals surface area contributed by atoms with Crippen LogP contribution < -0.4 is 11.2 Å². The first-order valence-corrected chi connectivity index (χ1v) is 7.75. The van der Waals surface area contributed by atoms with Gasteiger partial charge in [-0.05, 0) is 24.3 Å². The van der Waals surface area contributed by atoms with Crippen molar-refractivity contribution in [2.75, 3.05) is 16.9 Å². The molecule has 0 aliphatic carbocycles. The smallest absolute Gasteiger partial charge is 0.234 e. The Labute approximate surface area is 129 Å². The molecule has 106 valence electrons. The van der Waals surface area contributed by atoms with Crippen molar-refractivity contribution in [2.45, 2.75) is 18.5 Å². The van der Waals surface area contributed by atoms with Gasteiger partial charge in [0.1, 0.15) is 0 Å². The van der Waals surface area contributed by atoms with Crippen LogP contribution in [0.15, 0.2) is 33.9 Å². The van der Waals surface area contributed by atoms with Gasteiger partial charge in [0.15, 0.2) is 5.82 Å². The summed E-state index contributed by atoms with van der Waals surface area (Å²) in [7, 11) is 0. The van der Waals surface area contributed by atoms with Crippen LogP contribution in [0.3, 0.4) is 0 Å². The maximum absolute atomic E-state index is 11.8. The van der Waals surface area contributed by atoms with Gasteiger partial charge in [-0.3, -0.25) is 4.79 Å². The molecule has 0 aliphatic heterocycles. The fourth-order valence-electron chi connectivity index (χ4n) is 1.51. The first kappa shape index (κ1) is 14.9. The van der Waals surface area contributed by atoms with Gasteiger partial charge in [-0.2, -0.15) is 0 Å². The highest BCUT2D eigenvalue weighted by molar-refractivity contribution is 9.10. The van der Waals surface area contributed by atoms with Gasteiger partial charge in [-0.25, -0.2) is 4.68 Å². The highest BCUT2D eigenvalue weighted by atomic mass is 79.9. The molecule has 0 unspecified atom stereocenters. The fraction of sp³-hybridized carbons (Fsp3) is 0.250. The molecule has 3 N–H and O–H groups in total.